The minimum absolute atomic E-state index is 0.370. The molecule has 15 heavy (non-hydrogen) atoms. The van der Waals surface area contributed by atoms with Crippen LogP contribution in [0, 0.1) is 0 Å². The lowest BCUT2D eigenvalue weighted by molar-refractivity contribution is 0.0602. The van der Waals surface area contributed by atoms with Crippen LogP contribution < -0.4 is 5.73 Å². The molecule has 0 aliphatic carbocycles. The number of aryl methyl sites for hydroxylation is 1. The largest absolute Gasteiger partial charge is 0.465 e. The van der Waals surface area contributed by atoms with E-state index in [2.05, 4.69) is 11.7 Å². The van der Waals surface area contributed by atoms with Gasteiger partial charge in [-0.15, -0.1) is 0 Å². The van der Waals surface area contributed by atoms with Gasteiger partial charge in [-0.3, -0.25) is 0 Å². The highest BCUT2D eigenvalue weighted by atomic mass is 16.5. The molecule has 0 atom stereocenters. The summed E-state index contributed by atoms with van der Waals surface area (Å²) in [5.74, 6) is -0.370. The number of methoxy groups -OCH3 is 1. The third-order valence-corrected chi connectivity index (χ3v) is 2.40. The number of hydrogen-bond donors (Lipinski definition) is 1. The average molecular weight is 207 g/mol. The van der Waals surface area contributed by atoms with Crippen molar-refractivity contribution < 1.29 is 9.53 Å². The number of esters is 1. The Morgan fingerprint density at radius 1 is 1.47 bits per heavy atom. The van der Waals surface area contributed by atoms with Crippen LogP contribution in [0.15, 0.2) is 18.2 Å². The Labute approximate surface area is 90.2 Å². The lowest BCUT2D eigenvalue weighted by Crippen LogP contribution is -2.07. The Morgan fingerprint density at radius 3 is 2.80 bits per heavy atom. The fraction of sp³-hybridized carbons (Fsp3) is 0.417. The zero-order chi connectivity index (χ0) is 11.3. The number of unbranched alkanes of at least 4 members (excludes halogenated alkanes) is 1. The molecule has 0 fully saturated rings. The zero-order valence-corrected chi connectivity index (χ0v) is 9.25. The molecule has 0 amide bonds. The summed E-state index contributed by atoms with van der Waals surface area (Å²) in [5.41, 5.74) is 7.94. The lowest BCUT2D eigenvalue weighted by atomic mass is 10.0. The van der Waals surface area contributed by atoms with Gasteiger partial charge < -0.3 is 10.5 Å². The van der Waals surface area contributed by atoms with E-state index in [4.69, 9.17) is 5.73 Å². The van der Waals surface area contributed by atoms with Crippen molar-refractivity contribution in [2.45, 2.75) is 26.2 Å². The predicted molar refractivity (Wildman–Crippen MR) is 60.8 cm³/mol. The monoisotopic (exact) mass is 207 g/mol. The van der Waals surface area contributed by atoms with Crippen LogP contribution in [0.5, 0.6) is 0 Å². The maximum atomic E-state index is 11.4. The summed E-state index contributed by atoms with van der Waals surface area (Å²) in [4.78, 5) is 11.4. The average Bonchev–Trinajstić information content (AvgIpc) is 2.27. The SMILES string of the molecule is CCCCc1cccc(C(=O)OC)c1N. The van der Waals surface area contributed by atoms with Gasteiger partial charge in [0, 0.05) is 5.69 Å². The highest BCUT2D eigenvalue weighted by Crippen LogP contribution is 2.20. The summed E-state index contributed by atoms with van der Waals surface area (Å²) in [6.45, 7) is 2.13. The van der Waals surface area contributed by atoms with Gasteiger partial charge in [0.25, 0.3) is 0 Å². The van der Waals surface area contributed by atoms with Gasteiger partial charge in [0.15, 0.2) is 0 Å². The third-order valence-electron chi connectivity index (χ3n) is 2.40. The molecule has 1 aromatic carbocycles. The van der Waals surface area contributed by atoms with E-state index < -0.39 is 0 Å². The summed E-state index contributed by atoms with van der Waals surface area (Å²) in [6, 6.07) is 5.49. The number of nitrogen functional groups attached to an aromatic ring is 1. The Hall–Kier alpha value is -1.51. The van der Waals surface area contributed by atoms with E-state index in [1.807, 2.05) is 12.1 Å². The normalized spacial score (nSPS) is 10.0. The first-order valence-corrected chi connectivity index (χ1v) is 5.16. The van der Waals surface area contributed by atoms with Crippen LogP contribution in [-0.2, 0) is 11.2 Å². The number of anilines is 1. The van der Waals surface area contributed by atoms with E-state index in [9.17, 15) is 4.79 Å². The zero-order valence-electron chi connectivity index (χ0n) is 9.25. The van der Waals surface area contributed by atoms with Gasteiger partial charge in [0.05, 0.1) is 12.7 Å². The number of para-hydroxylation sites is 1. The second-order valence-electron chi connectivity index (χ2n) is 3.47. The molecule has 0 aliphatic heterocycles. The van der Waals surface area contributed by atoms with E-state index in [-0.39, 0.29) is 5.97 Å². The van der Waals surface area contributed by atoms with Gasteiger partial charge in [0.1, 0.15) is 0 Å². The predicted octanol–water partition coefficient (Wildman–Crippen LogP) is 2.40. The van der Waals surface area contributed by atoms with Crippen molar-refractivity contribution in [3.63, 3.8) is 0 Å². The summed E-state index contributed by atoms with van der Waals surface area (Å²) in [7, 11) is 1.36. The van der Waals surface area contributed by atoms with Crippen molar-refractivity contribution in [2.75, 3.05) is 12.8 Å². The number of ether oxygens (including phenoxy) is 1. The number of carbonyl (C=O) groups is 1. The summed E-state index contributed by atoms with van der Waals surface area (Å²) >= 11 is 0. The molecule has 0 radical (unpaired) electrons. The van der Waals surface area contributed by atoms with Crippen molar-refractivity contribution >= 4 is 11.7 Å². The molecule has 2 N–H and O–H groups in total. The van der Waals surface area contributed by atoms with Crippen molar-refractivity contribution in [2.24, 2.45) is 0 Å². The molecule has 3 heteroatoms. The van der Waals surface area contributed by atoms with E-state index >= 15 is 0 Å². The first kappa shape index (κ1) is 11.6. The minimum atomic E-state index is -0.370. The van der Waals surface area contributed by atoms with Gasteiger partial charge in [-0.2, -0.15) is 0 Å². The molecule has 0 spiro atoms. The standard InChI is InChI=1S/C12H17NO2/c1-3-4-6-9-7-5-8-10(11(9)13)12(14)15-2/h5,7-8H,3-4,6,13H2,1-2H3. The van der Waals surface area contributed by atoms with Crippen LogP contribution >= 0.6 is 0 Å². The van der Waals surface area contributed by atoms with Crippen LogP contribution in [0.3, 0.4) is 0 Å². The number of carbonyl (C=O) groups excluding carboxylic acids is 1. The van der Waals surface area contributed by atoms with Gasteiger partial charge in [-0.05, 0) is 24.5 Å². The molecule has 0 bridgehead atoms. The highest BCUT2D eigenvalue weighted by Gasteiger charge is 2.11. The third kappa shape index (κ3) is 2.72. The maximum absolute atomic E-state index is 11.4. The quantitative estimate of drug-likeness (QED) is 0.609. The number of nitrogens with two attached hydrogens (primary N) is 1. The minimum Gasteiger partial charge on any atom is -0.465 e. The summed E-state index contributed by atoms with van der Waals surface area (Å²) in [5, 5.41) is 0. The van der Waals surface area contributed by atoms with E-state index in [1.54, 1.807) is 6.07 Å². The molecule has 3 nitrogen and oxygen atoms in total. The molecule has 0 saturated carbocycles. The lowest BCUT2D eigenvalue weighted by Gasteiger charge is -2.08. The van der Waals surface area contributed by atoms with Gasteiger partial charge >= 0.3 is 5.97 Å². The molecule has 0 saturated heterocycles. The van der Waals surface area contributed by atoms with Crippen LogP contribution in [0.2, 0.25) is 0 Å². The molecule has 0 unspecified atom stereocenters. The molecule has 82 valence electrons. The first-order chi connectivity index (χ1) is 7.20. The first-order valence-electron chi connectivity index (χ1n) is 5.16. The fourth-order valence-corrected chi connectivity index (χ4v) is 1.49. The highest BCUT2D eigenvalue weighted by molar-refractivity contribution is 5.95. The molecule has 0 aliphatic rings. The second kappa shape index (κ2) is 5.39. The van der Waals surface area contributed by atoms with Crippen LogP contribution in [0.4, 0.5) is 5.69 Å². The van der Waals surface area contributed by atoms with Gasteiger partial charge in [-0.1, -0.05) is 25.5 Å². The van der Waals surface area contributed by atoms with Crippen molar-refractivity contribution in [3.8, 4) is 0 Å². The second-order valence-corrected chi connectivity index (χ2v) is 3.47. The Kier molecular flexibility index (Phi) is 4.16. The van der Waals surface area contributed by atoms with E-state index in [0.717, 1.165) is 24.8 Å². The van der Waals surface area contributed by atoms with Gasteiger partial charge in [0.2, 0.25) is 0 Å². The molecular weight excluding hydrogens is 190 g/mol. The number of rotatable bonds is 4. The maximum Gasteiger partial charge on any atom is 0.339 e. The van der Waals surface area contributed by atoms with E-state index in [1.165, 1.54) is 7.11 Å². The number of benzene rings is 1. The molecule has 0 aromatic heterocycles. The Bertz CT molecular complexity index is 347. The molecule has 1 rings (SSSR count). The fourth-order valence-electron chi connectivity index (χ4n) is 1.49. The van der Waals surface area contributed by atoms with E-state index in [0.29, 0.717) is 11.3 Å². The smallest absolute Gasteiger partial charge is 0.339 e. The summed E-state index contributed by atoms with van der Waals surface area (Å²) in [6.07, 6.45) is 3.10. The molecule has 0 heterocycles. The summed E-state index contributed by atoms with van der Waals surface area (Å²) < 4.78 is 4.66. The topological polar surface area (TPSA) is 52.3 Å². The molecular formula is C12H17NO2. The van der Waals surface area contributed by atoms with Crippen molar-refractivity contribution in [1.29, 1.82) is 0 Å². The Morgan fingerprint density at radius 2 is 2.20 bits per heavy atom. The van der Waals surface area contributed by atoms with Gasteiger partial charge in [-0.25, -0.2) is 4.79 Å². The Balaban J connectivity index is 2.95. The van der Waals surface area contributed by atoms with Crippen LogP contribution in [-0.4, -0.2) is 13.1 Å². The van der Waals surface area contributed by atoms with Crippen LogP contribution in [0.1, 0.15) is 35.7 Å². The van der Waals surface area contributed by atoms with Crippen molar-refractivity contribution in [1.82, 2.24) is 0 Å². The number of hydrogen-bond acceptors (Lipinski definition) is 3. The van der Waals surface area contributed by atoms with Crippen molar-refractivity contribution in [3.05, 3.63) is 29.3 Å². The molecule has 1 aromatic rings. The van der Waals surface area contributed by atoms with Crippen LogP contribution in [0.25, 0.3) is 0 Å².